The molecule has 2 heterocycles. The number of aromatic nitrogens is 3. The second kappa shape index (κ2) is 13.7. The maximum atomic E-state index is 12.7. The van der Waals surface area contributed by atoms with E-state index >= 15 is 0 Å². The average molecular weight is 550 g/mol. The number of anilines is 2. The third-order valence-electron chi connectivity index (χ3n) is 4.67. The summed E-state index contributed by atoms with van der Waals surface area (Å²) in [5.41, 5.74) is 12.1. The Kier molecular flexibility index (Phi) is 11.3. The molecule has 0 aliphatic heterocycles. The number of nitrogens with one attached hydrogen (secondary N) is 2. The molecule has 2 atom stereocenters. The first-order chi connectivity index (χ1) is 16.9. The summed E-state index contributed by atoms with van der Waals surface area (Å²) in [5.74, 6) is -0.284. The fourth-order valence-corrected chi connectivity index (χ4v) is 4.62. The van der Waals surface area contributed by atoms with Crippen molar-refractivity contribution in [1.29, 1.82) is 0 Å². The first-order valence-electron chi connectivity index (χ1n) is 11.1. The SMILES string of the molecule is C=C(/C=C\C=C/C)[C@H](CCNc1ncc(Sc2ccnc(N)c2Cl)nc1C(N)=O)N[S@+]([O-])C(C)(C)C. The van der Waals surface area contributed by atoms with Gasteiger partial charge in [0.1, 0.15) is 15.6 Å². The van der Waals surface area contributed by atoms with Crippen molar-refractivity contribution >= 4 is 52.3 Å². The van der Waals surface area contributed by atoms with E-state index in [-0.39, 0.29) is 23.4 Å². The van der Waals surface area contributed by atoms with Crippen molar-refractivity contribution in [2.75, 3.05) is 17.6 Å². The number of allylic oxidation sites excluding steroid dienone is 3. The Morgan fingerprint density at radius 2 is 2.08 bits per heavy atom. The standard InChI is InChI=1S/C24H32ClN7O2S2/c1-6-7-8-9-15(2)16(32-36(34)24(3,4)5)10-12-29-23-20(22(27)33)31-18(14-30-23)35-17-11-13-28-21(26)19(17)25/h6-9,11,13-14,16,32H,2,10,12H2,1,3-5H3,(H2,26,28)(H2,27,33)(H,29,30)/b7-6-,9-8-/t16-,36+/m0/s1. The van der Waals surface area contributed by atoms with Crippen molar-refractivity contribution in [3.63, 3.8) is 0 Å². The number of pyridine rings is 1. The molecular formula is C24H32ClN7O2S2. The molecule has 0 aliphatic carbocycles. The highest BCUT2D eigenvalue weighted by molar-refractivity contribution is 7.99. The Morgan fingerprint density at radius 3 is 2.72 bits per heavy atom. The molecular weight excluding hydrogens is 518 g/mol. The quantitative estimate of drug-likeness (QED) is 0.224. The second-order valence-electron chi connectivity index (χ2n) is 8.61. The lowest BCUT2D eigenvalue weighted by Gasteiger charge is -2.28. The number of hydrogen-bond donors (Lipinski definition) is 4. The lowest BCUT2D eigenvalue weighted by Crippen LogP contribution is -2.45. The summed E-state index contributed by atoms with van der Waals surface area (Å²) in [4.78, 5) is 25.3. The minimum absolute atomic E-state index is 0.00673. The molecule has 12 heteroatoms. The predicted octanol–water partition coefficient (Wildman–Crippen LogP) is 4.27. The predicted molar refractivity (Wildman–Crippen MR) is 149 cm³/mol. The largest absolute Gasteiger partial charge is 0.598 e. The van der Waals surface area contributed by atoms with Crippen LogP contribution in [0.15, 0.2) is 64.8 Å². The highest BCUT2D eigenvalue weighted by atomic mass is 35.5. The zero-order valence-electron chi connectivity index (χ0n) is 20.7. The van der Waals surface area contributed by atoms with Gasteiger partial charge in [0, 0.05) is 29.0 Å². The smallest absolute Gasteiger partial charge is 0.271 e. The second-order valence-corrected chi connectivity index (χ2v) is 12.0. The zero-order valence-corrected chi connectivity index (χ0v) is 23.1. The van der Waals surface area contributed by atoms with Gasteiger partial charge in [-0.05, 0) is 45.8 Å². The van der Waals surface area contributed by atoms with Gasteiger partial charge in [0.05, 0.1) is 17.3 Å². The van der Waals surface area contributed by atoms with E-state index in [9.17, 15) is 9.35 Å². The molecule has 0 spiro atoms. The molecule has 0 saturated carbocycles. The summed E-state index contributed by atoms with van der Waals surface area (Å²) in [7, 11) is 0. The Morgan fingerprint density at radius 1 is 1.36 bits per heavy atom. The number of carbonyl (C=O) groups excluding carboxylic acids is 1. The molecule has 0 fully saturated rings. The molecule has 9 nitrogen and oxygen atoms in total. The third-order valence-corrected chi connectivity index (χ3v) is 7.76. The van der Waals surface area contributed by atoms with Gasteiger partial charge in [-0.2, -0.15) is 0 Å². The number of nitrogens with zero attached hydrogens (tertiary/aromatic N) is 3. The van der Waals surface area contributed by atoms with Gasteiger partial charge in [0.25, 0.3) is 5.91 Å². The summed E-state index contributed by atoms with van der Waals surface area (Å²) in [6.45, 7) is 12.1. The zero-order chi connectivity index (χ0) is 26.9. The van der Waals surface area contributed by atoms with E-state index in [4.69, 9.17) is 23.1 Å². The summed E-state index contributed by atoms with van der Waals surface area (Å²) in [6, 6.07) is 1.41. The number of primary amides is 1. The molecule has 2 aromatic rings. The Hall–Kier alpha value is -2.57. The topological polar surface area (TPSA) is 155 Å². The van der Waals surface area contributed by atoms with Gasteiger partial charge < -0.3 is 21.3 Å². The number of nitrogens with two attached hydrogens (primary N) is 2. The van der Waals surface area contributed by atoms with E-state index in [2.05, 4.69) is 31.6 Å². The Balaban J connectivity index is 2.16. The minimum atomic E-state index is -1.30. The monoisotopic (exact) mass is 549 g/mol. The van der Waals surface area contributed by atoms with E-state index in [0.717, 1.165) is 5.57 Å². The molecule has 2 rings (SSSR count). The molecule has 0 aliphatic rings. The molecule has 0 aromatic carbocycles. The van der Waals surface area contributed by atoms with Gasteiger partial charge in [0.15, 0.2) is 11.5 Å². The third kappa shape index (κ3) is 8.82. The van der Waals surface area contributed by atoms with Crippen LogP contribution in [0.2, 0.25) is 5.02 Å². The maximum Gasteiger partial charge on any atom is 0.271 e. The van der Waals surface area contributed by atoms with Crippen LogP contribution in [-0.4, -0.2) is 42.7 Å². The van der Waals surface area contributed by atoms with E-state index in [0.29, 0.717) is 27.9 Å². The summed E-state index contributed by atoms with van der Waals surface area (Å²) < 4.78 is 15.4. The van der Waals surface area contributed by atoms with Gasteiger partial charge in [-0.1, -0.05) is 54.2 Å². The van der Waals surface area contributed by atoms with Gasteiger partial charge >= 0.3 is 0 Å². The molecule has 0 bridgehead atoms. The van der Waals surface area contributed by atoms with Crippen LogP contribution in [0.1, 0.15) is 44.6 Å². The number of hydrogen-bond acceptors (Lipinski definition) is 9. The summed E-state index contributed by atoms with van der Waals surface area (Å²) in [6.07, 6.45) is 11.1. The van der Waals surface area contributed by atoms with Crippen LogP contribution in [0.4, 0.5) is 11.6 Å². The lowest BCUT2D eigenvalue weighted by molar-refractivity contribution is 0.0995. The van der Waals surface area contributed by atoms with Crippen LogP contribution in [0, 0.1) is 0 Å². The Bertz CT molecular complexity index is 1140. The van der Waals surface area contributed by atoms with Gasteiger partial charge in [-0.3, -0.25) is 4.79 Å². The first-order valence-corrected chi connectivity index (χ1v) is 13.4. The van der Waals surface area contributed by atoms with E-state index in [1.54, 1.807) is 6.07 Å². The van der Waals surface area contributed by atoms with Crippen LogP contribution in [0.25, 0.3) is 0 Å². The number of nitrogen functional groups attached to an aromatic ring is 1. The molecule has 194 valence electrons. The number of carbonyl (C=O) groups is 1. The number of rotatable bonds is 12. The van der Waals surface area contributed by atoms with Crippen LogP contribution in [0.5, 0.6) is 0 Å². The average Bonchev–Trinajstić information content (AvgIpc) is 2.81. The van der Waals surface area contributed by atoms with Gasteiger partial charge in [-0.25, -0.2) is 15.0 Å². The fraction of sp³-hybridized carbons (Fsp3) is 0.333. The van der Waals surface area contributed by atoms with Crippen LogP contribution in [-0.2, 0) is 11.4 Å². The van der Waals surface area contributed by atoms with Crippen LogP contribution in [0.3, 0.4) is 0 Å². The highest BCUT2D eigenvalue weighted by Crippen LogP contribution is 2.34. The molecule has 6 N–H and O–H groups in total. The van der Waals surface area contributed by atoms with Crippen molar-refractivity contribution in [3.8, 4) is 0 Å². The van der Waals surface area contributed by atoms with E-state index in [1.807, 2.05) is 52.0 Å². The fourth-order valence-electron chi connectivity index (χ4n) is 2.72. The lowest BCUT2D eigenvalue weighted by atomic mass is 10.1. The molecule has 0 saturated heterocycles. The van der Waals surface area contributed by atoms with E-state index in [1.165, 1.54) is 24.2 Å². The van der Waals surface area contributed by atoms with Gasteiger partial charge in [-0.15, -0.1) is 4.72 Å². The number of amides is 1. The van der Waals surface area contributed by atoms with Crippen molar-refractivity contribution in [2.45, 2.75) is 54.8 Å². The van der Waals surface area contributed by atoms with Gasteiger partial charge in [0.2, 0.25) is 0 Å². The van der Waals surface area contributed by atoms with Crippen molar-refractivity contribution in [2.24, 2.45) is 5.73 Å². The highest BCUT2D eigenvalue weighted by Gasteiger charge is 2.29. The first kappa shape index (κ1) is 29.7. The van der Waals surface area contributed by atoms with Crippen molar-refractivity contribution < 1.29 is 9.35 Å². The molecule has 0 radical (unpaired) electrons. The van der Waals surface area contributed by atoms with Crippen molar-refractivity contribution in [1.82, 2.24) is 19.7 Å². The Labute approximate surface area is 224 Å². The molecule has 1 amide bonds. The van der Waals surface area contributed by atoms with Crippen LogP contribution >= 0.6 is 23.4 Å². The minimum Gasteiger partial charge on any atom is -0.598 e. The maximum absolute atomic E-state index is 12.7. The summed E-state index contributed by atoms with van der Waals surface area (Å²) >= 11 is 6.09. The van der Waals surface area contributed by atoms with E-state index < -0.39 is 22.0 Å². The molecule has 36 heavy (non-hydrogen) atoms. The van der Waals surface area contributed by atoms with Crippen molar-refractivity contribution in [3.05, 3.63) is 65.6 Å². The molecule has 0 unspecified atom stereocenters. The summed E-state index contributed by atoms with van der Waals surface area (Å²) in [5, 5.41) is 3.83. The van der Waals surface area contributed by atoms with Crippen LogP contribution < -0.4 is 21.5 Å². The normalized spacial score (nSPS) is 13.7. The number of halogens is 1. The molecule has 2 aromatic heterocycles.